The molecule has 5 heteroatoms. The van der Waals surface area contributed by atoms with Gasteiger partial charge in [-0.25, -0.2) is 4.39 Å². The second-order valence-corrected chi connectivity index (χ2v) is 4.21. The molecule has 0 saturated heterocycles. The maximum Gasteiger partial charge on any atom is 0.145 e. The Morgan fingerprint density at radius 3 is 2.47 bits per heavy atom. The highest BCUT2D eigenvalue weighted by atomic mass is 35.5. The fraction of sp³-hybridized carbons (Fsp3) is 0.214. The van der Waals surface area contributed by atoms with Crippen molar-refractivity contribution in [3.8, 4) is 11.5 Å². The Hall–Kier alpha value is -1.65. The summed E-state index contributed by atoms with van der Waals surface area (Å²) in [6.07, 6.45) is 1.63. The maximum atomic E-state index is 13.5. The molecule has 1 heterocycles. The van der Waals surface area contributed by atoms with Gasteiger partial charge < -0.3 is 10.5 Å². The average molecular weight is 283 g/mol. The Morgan fingerprint density at radius 2 is 1.89 bits per heavy atom. The molecule has 0 saturated carbocycles. The molecular formula is C14H16ClFN2O. The Kier molecular flexibility index (Phi) is 5.27. The molecule has 1 aromatic carbocycles. The van der Waals surface area contributed by atoms with Crippen molar-refractivity contribution in [2.75, 3.05) is 0 Å². The van der Waals surface area contributed by atoms with Crippen LogP contribution in [0.25, 0.3) is 0 Å². The maximum absolute atomic E-state index is 13.5. The molecule has 0 bridgehead atoms. The van der Waals surface area contributed by atoms with Crippen molar-refractivity contribution in [3.63, 3.8) is 0 Å². The molecule has 0 amide bonds. The highest BCUT2D eigenvalue weighted by Gasteiger charge is 2.09. The SMILES string of the molecule is Cc1ccc(Oc2ccc(F)c([C@H](C)N)c2)cn1.Cl. The van der Waals surface area contributed by atoms with Crippen LogP contribution in [0.2, 0.25) is 0 Å². The van der Waals surface area contributed by atoms with Gasteiger partial charge in [0.2, 0.25) is 0 Å². The summed E-state index contributed by atoms with van der Waals surface area (Å²) in [7, 11) is 0. The lowest BCUT2D eigenvalue weighted by molar-refractivity contribution is 0.475. The minimum Gasteiger partial charge on any atom is -0.456 e. The number of pyridine rings is 1. The first-order valence-corrected chi connectivity index (χ1v) is 5.72. The average Bonchev–Trinajstić information content (AvgIpc) is 2.34. The Morgan fingerprint density at radius 1 is 1.21 bits per heavy atom. The summed E-state index contributed by atoms with van der Waals surface area (Å²) in [5.74, 6) is 0.844. The van der Waals surface area contributed by atoms with Gasteiger partial charge in [0, 0.05) is 17.3 Å². The number of benzene rings is 1. The van der Waals surface area contributed by atoms with Crippen LogP contribution in [0.1, 0.15) is 24.2 Å². The molecule has 1 atom stereocenters. The quantitative estimate of drug-likeness (QED) is 0.932. The van der Waals surface area contributed by atoms with Gasteiger partial charge in [0.05, 0.1) is 6.20 Å². The molecule has 3 nitrogen and oxygen atoms in total. The molecule has 102 valence electrons. The van der Waals surface area contributed by atoms with E-state index in [2.05, 4.69) is 4.98 Å². The number of hydrogen-bond donors (Lipinski definition) is 1. The van der Waals surface area contributed by atoms with Crippen LogP contribution in [-0.2, 0) is 0 Å². The molecule has 19 heavy (non-hydrogen) atoms. The number of aromatic nitrogens is 1. The van der Waals surface area contributed by atoms with E-state index in [1.165, 1.54) is 6.07 Å². The first-order chi connectivity index (χ1) is 8.56. The highest BCUT2D eigenvalue weighted by molar-refractivity contribution is 5.85. The number of ether oxygens (including phenoxy) is 1. The summed E-state index contributed by atoms with van der Waals surface area (Å²) in [5.41, 5.74) is 7.04. The second-order valence-electron chi connectivity index (χ2n) is 4.21. The lowest BCUT2D eigenvalue weighted by atomic mass is 10.1. The van der Waals surface area contributed by atoms with E-state index in [9.17, 15) is 4.39 Å². The van der Waals surface area contributed by atoms with Crippen LogP contribution in [-0.4, -0.2) is 4.98 Å². The van der Waals surface area contributed by atoms with Crippen LogP contribution in [0.5, 0.6) is 11.5 Å². The minimum atomic E-state index is -0.371. The van der Waals surface area contributed by atoms with E-state index >= 15 is 0 Å². The predicted molar refractivity (Wildman–Crippen MR) is 75.3 cm³/mol. The molecule has 0 unspecified atom stereocenters. The molecular weight excluding hydrogens is 267 g/mol. The lowest BCUT2D eigenvalue weighted by Gasteiger charge is -2.10. The number of nitrogens with zero attached hydrogens (tertiary/aromatic N) is 1. The molecule has 0 fully saturated rings. The van der Waals surface area contributed by atoms with Crippen molar-refractivity contribution < 1.29 is 9.13 Å². The minimum absolute atomic E-state index is 0. The zero-order chi connectivity index (χ0) is 13.1. The summed E-state index contributed by atoms with van der Waals surface area (Å²) in [4.78, 5) is 4.13. The van der Waals surface area contributed by atoms with E-state index in [0.29, 0.717) is 17.1 Å². The topological polar surface area (TPSA) is 48.1 Å². The van der Waals surface area contributed by atoms with Crippen molar-refractivity contribution in [1.29, 1.82) is 0 Å². The molecule has 2 aromatic rings. The van der Waals surface area contributed by atoms with Gasteiger partial charge in [-0.2, -0.15) is 0 Å². The van der Waals surface area contributed by atoms with Crippen LogP contribution >= 0.6 is 12.4 Å². The summed E-state index contributed by atoms with van der Waals surface area (Å²) in [6.45, 7) is 3.63. The number of rotatable bonds is 3. The second kappa shape index (κ2) is 6.50. The number of nitrogens with two attached hydrogens (primary N) is 1. The Labute approximate surface area is 118 Å². The summed E-state index contributed by atoms with van der Waals surface area (Å²) < 4.78 is 19.1. The zero-order valence-electron chi connectivity index (χ0n) is 10.8. The van der Waals surface area contributed by atoms with Crippen molar-refractivity contribution in [2.24, 2.45) is 5.73 Å². The van der Waals surface area contributed by atoms with Crippen LogP contribution in [0, 0.1) is 12.7 Å². The van der Waals surface area contributed by atoms with Gasteiger partial charge in [-0.05, 0) is 44.2 Å². The molecule has 0 spiro atoms. The van der Waals surface area contributed by atoms with E-state index in [0.717, 1.165) is 5.69 Å². The first-order valence-electron chi connectivity index (χ1n) is 5.72. The van der Waals surface area contributed by atoms with E-state index in [1.807, 2.05) is 19.1 Å². The normalized spacial score (nSPS) is 11.6. The van der Waals surface area contributed by atoms with Crippen LogP contribution in [0.15, 0.2) is 36.5 Å². The molecule has 2 N–H and O–H groups in total. The number of halogens is 2. The Balaban J connectivity index is 0.00000180. The zero-order valence-corrected chi connectivity index (χ0v) is 11.6. The van der Waals surface area contributed by atoms with Gasteiger partial charge in [-0.1, -0.05) is 0 Å². The smallest absolute Gasteiger partial charge is 0.145 e. The van der Waals surface area contributed by atoms with Crippen molar-refractivity contribution in [1.82, 2.24) is 4.98 Å². The van der Waals surface area contributed by atoms with Gasteiger partial charge in [0.25, 0.3) is 0 Å². The Bertz CT molecular complexity index is 544. The fourth-order valence-electron chi connectivity index (χ4n) is 1.58. The molecule has 0 aliphatic rings. The van der Waals surface area contributed by atoms with Crippen molar-refractivity contribution >= 4 is 12.4 Å². The summed E-state index contributed by atoms with van der Waals surface area (Å²) in [5, 5.41) is 0. The number of hydrogen-bond acceptors (Lipinski definition) is 3. The van der Waals surface area contributed by atoms with Crippen LogP contribution < -0.4 is 10.5 Å². The molecule has 0 aliphatic carbocycles. The van der Waals surface area contributed by atoms with Gasteiger partial charge in [0.1, 0.15) is 17.3 Å². The van der Waals surface area contributed by atoms with Crippen molar-refractivity contribution in [2.45, 2.75) is 19.9 Å². The monoisotopic (exact) mass is 282 g/mol. The third-order valence-corrected chi connectivity index (χ3v) is 2.58. The molecule has 1 aromatic heterocycles. The van der Waals surface area contributed by atoms with E-state index in [1.54, 1.807) is 25.3 Å². The number of aryl methyl sites for hydroxylation is 1. The van der Waals surface area contributed by atoms with E-state index in [4.69, 9.17) is 10.5 Å². The van der Waals surface area contributed by atoms with E-state index < -0.39 is 0 Å². The first kappa shape index (κ1) is 15.4. The highest BCUT2D eigenvalue weighted by Crippen LogP contribution is 2.25. The fourth-order valence-corrected chi connectivity index (χ4v) is 1.58. The van der Waals surface area contributed by atoms with Gasteiger partial charge in [0.15, 0.2) is 0 Å². The molecule has 0 radical (unpaired) electrons. The van der Waals surface area contributed by atoms with Crippen LogP contribution in [0.3, 0.4) is 0 Å². The van der Waals surface area contributed by atoms with Crippen molar-refractivity contribution in [3.05, 3.63) is 53.6 Å². The van der Waals surface area contributed by atoms with Crippen LogP contribution in [0.4, 0.5) is 4.39 Å². The molecule has 0 aliphatic heterocycles. The lowest BCUT2D eigenvalue weighted by Crippen LogP contribution is -2.07. The summed E-state index contributed by atoms with van der Waals surface area (Å²) >= 11 is 0. The predicted octanol–water partition coefficient (Wildman–Crippen LogP) is 3.76. The third-order valence-electron chi connectivity index (χ3n) is 2.58. The summed E-state index contributed by atoms with van der Waals surface area (Å²) in [6, 6.07) is 7.84. The molecule has 2 rings (SSSR count). The van der Waals surface area contributed by atoms with Gasteiger partial charge in [-0.3, -0.25) is 4.98 Å². The van der Waals surface area contributed by atoms with Gasteiger partial charge in [-0.15, -0.1) is 12.4 Å². The largest absolute Gasteiger partial charge is 0.456 e. The van der Waals surface area contributed by atoms with E-state index in [-0.39, 0.29) is 24.3 Å². The third kappa shape index (κ3) is 3.91. The van der Waals surface area contributed by atoms with Gasteiger partial charge >= 0.3 is 0 Å². The standard InChI is InChI=1S/C14H15FN2O.ClH/c1-9-3-4-12(8-17-9)18-11-5-6-14(15)13(7-11)10(2)16;/h3-8,10H,16H2,1-2H3;1H/t10-;/m0./s1.